The molecule has 0 saturated heterocycles. The molecule has 0 fully saturated rings. The van der Waals surface area contributed by atoms with E-state index in [-0.39, 0.29) is 22.5 Å². The summed E-state index contributed by atoms with van der Waals surface area (Å²) in [5.74, 6) is -0.915. The van der Waals surface area contributed by atoms with Crippen molar-refractivity contribution in [1.29, 1.82) is 0 Å². The highest BCUT2D eigenvalue weighted by molar-refractivity contribution is 8.18. The molecule has 0 unspecified atom stereocenters. The van der Waals surface area contributed by atoms with Crippen LogP contribution in [0.15, 0.2) is 40.2 Å². The van der Waals surface area contributed by atoms with Gasteiger partial charge in [-0.15, -0.1) is 12.4 Å². The van der Waals surface area contributed by atoms with Crippen molar-refractivity contribution in [3.05, 3.63) is 40.3 Å². The fourth-order valence-corrected chi connectivity index (χ4v) is 2.03. The van der Waals surface area contributed by atoms with E-state index < -0.39 is 11.8 Å². The first-order valence-corrected chi connectivity index (χ1v) is 6.08. The van der Waals surface area contributed by atoms with Crippen molar-refractivity contribution >= 4 is 58.4 Å². The average Bonchev–Trinajstić information content (AvgIpc) is 2.61. The first kappa shape index (κ1) is 15.6. The van der Waals surface area contributed by atoms with E-state index in [1.165, 1.54) is 6.08 Å². The van der Waals surface area contributed by atoms with Gasteiger partial charge >= 0.3 is 0 Å². The summed E-state index contributed by atoms with van der Waals surface area (Å²) in [5.41, 5.74) is 5.95. The van der Waals surface area contributed by atoms with Crippen molar-refractivity contribution in [2.24, 2.45) is 10.7 Å². The molecule has 1 aromatic carbocycles. The topological polar surface area (TPSA) is 84.5 Å². The van der Waals surface area contributed by atoms with E-state index in [9.17, 15) is 9.59 Å². The largest absolute Gasteiger partial charge is 0.378 e. The standard InChI is InChI=1S/C11H8ClN3O2S.ClH/c12-6-1-3-7(4-2-6)14-9(16)5-8-10(17)15-11(13)18-8;/h1-5H,(H,14,16)(H2,13,15,17);1H/b8-5+;. The highest BCUT2D eigenvalue weighted by Gasteiger charge is 2.20. The number of rotatable bonds is 2. The number of thioether (sulfide) groups is 1. The monoisotopic (exact) mass is 317 g/mol. The molecule has 0 atom stereocenters. The van der Waals surface area contributed by atoms with E-state index in [0.717, 1.165) is 11.8 Å². The van der Waals surface area contributed by atoms with Crippen molar-refractivity contribution < 1.29 is 9.59 Å². The molecule has 0 bridgehead atoms. The summed E-state index contributed by atoms with van der Waals surface area (Å²) in [6, 6.07) is 6.63. The summed E-state index contributed by atoms with van der Waals surface area (Å²) in [4.78, 5) is 26.6. The fraction of sp³-hybridized carbons (Fsp3) is 0. The molecule has 1 heterocycles. The van der Waals surface area contributed by atoms with Gasteiger partial charge in [0.1, 0.15) is 0 Å². The molecule has 19 heavy (non-hydrogen) atoms. The molecule has 2 amide bonds. The number of nitrogens with one attached hydrogen (secondary N) is 1. The zero-order valence-electron chi connectivity index (χ0n) is 9.42. The summed E-state index contributed by atoms with van der Waals surface area (Å²) in [6.45, 7) is 0. The third-order valence-corrected chi connectivity index (χ3v) is 3.08. The first-order chi connectivity index (χ1) is 8.54. The van der Waals surface area contributed by atoms with Crippen LogP contribution in [0.25, 0.3) is 0 Å². The van der Waals surface area contributed by atoms with Gasteiger partial charge in [-0.25, -0.2) is 0 Å². The molecule has 5 nitrogen and oxygen atoms in total. The van der Waals surface area contributed by atoms with Gasteiger partial charge in [-0.3, -0.25) is 9.59 Å². The number of hydrogen-bond acceptors (Lipinski definition) is 4. The predicted molar refractivity (Wildman–Crippen MR) is 79.6 cm³/mol. The third kappa shape index (κ3) is 4.27. The number of anilines is 1. The van der Waals surface area contributed by atoms with E-state index in [0.29, 0.717) is 10.7 Å². The van der Waals surface area contributed by atoms with Crippen LogP contribution in [0.3, 0.4) is 0 Å². The maximum absolute atomic E-state index is 11.6. The van der Waals surface area contributed by atoms with Crippen LogP contribution in [0.2, 0.25) is 5.02 Å². The molecule has 100 valence electrons. The number of carbonyl (C=O) groups is 2. The molecule has 1 aromatic rings. The minimum atomic E-state index is -0.497. The van der Waals surface area contributed by atoms with Crippen molar-refractivity contribution in [2.75, 3.05) is 5.32 Å². The van der Waals surface area contributed by atoms with Crippen molar-refractivity contribution in [2.45, 2.75) is 0 Å². The molecule has 3 N–H and O–H groups in total. The van der Waals surface area contributed by atoms with Crippen LogP contribution in [0.5, 0.6) is 0 Å². The van der Waals surface area contributed by atoms with Crippen LogP contribution in [-0.2, 0) is 9.59 Å². The number of amidine groups is 1. The summed E-state index contributed by atoms with van der Waals surface area (Å²) in [7, 11) is 0. The van der Waals surface area contributed by atoms with Gasteiger partial charge in [0.05, 0.1) is 4.91 Å². The van der Waals surface area contributed by atoms with E-state index in [4.69, 9.17) is 17.3 Å². The molecule has 0 spiro atoms. The second-order valence-electron chi connectivity index (χ2n) is 3.36. The minimum Gasteiger partial charge on any atom is -0.378 e. The van der Waals surface area contributed by atoms with Crippen LogP contribution in [0.4, 0.5) is 5.69 Å². The van der Waals surface area contributed by atoms with Gasteiger partial charge in [0, 0.05) is 16.8 Å². The maximum atomic E-state index is 11.6. The Morgan fingerprint density at radius 3 is 2.53 bits per heavy atom. The van der Waals surface area contributed by atoms with Crippen molar-refractivity contribution in [3.8, 4) is 0 Å². The third-order valence-electron chi connectivity index (χ3n) is 2.01. The molecular formula is C11H9Cl2N3O2S. The number of hydrogen-bond donors (Lipinski definition) is 2. The van der Waals surface area contributed by atoms with Crippen molar-refractivity contribution in [3.63, 3.8) is 0 Å². The van der Waals surface area contributed by atoms with Crippen LogP contribution in [0, 0.1) is 0 Å². The molecule has 1 aliphatic rings. The number of benzene rings is 1. The quantitative estimate of drug-likeness (QED) is 0.819. The van der Waals surface area contributed by atoms with Gasteiger partial charge in [-0.2, -0.15) is 4.99 Å². The number of halogens is 2. The smallest absolute Gasteiger partial charge is 0.286 e. The molecule has 0 radical (unpaired) electrons. The Kier molecular flexibility index (Phi) is 5.41. The highest BCUT2D eigenvalue weighted by atomic mass is 35.5. The SMILES string of the molecule is Cl.NC1=NC(=O)/C(=C\C(=O)Nc2ccc(Cl)cc2)S1. The Hall–Kier alpha value is -1.50. The van der Waals surface area contributed by atoms with Gasteiger partial charge in [0.25, 0.3) is 5.91 Å². The van der Waals surface area contributed by atoms with Crippen LogP contribution in [0.1, 0.15) is 0 Å². The number of aliphatic imine (C=N–C) groups is 1. The summed E-state index contributed by atoms with van der Waals surface area (Å²) in [5, 5.41) is 3.32. The Morgan fingerprint density at radius 2 is 2.00 bits per heavy atom. The van der Waals surface area contributed by atoms with E-state index in [1.54, 1.807) is 24.3 Å². The predicted octanol–water partition coefficient (Wildman–Crippen LogP) is 2.17. The van der Waals surface area contributed by atoms with Gasteiger partial charge in [-0.05, 0) is 36.0 Å². The summed E-state index contributed by atoms with van der Waals surface area (Å²) >= 11 is 6.69. The molecule has 8 heteroatoms. The minimum absolute atomic E-state index is 0. The van der Waals surface area contributed by atoms with E-state index in [1.807, 2.05) is 0 Å². The summed E-state index contributed by atoms with van der Waals surface area (Å²) in [6.07, 6.45) is 1.17. The van der Waals surface area contributed by atoms with E-state index >= 15 is 0 Å². The lowest BCUT2D eigenvalue weighted by atomic mass is 10.3. The Bertz CT molecular complexity index is 570. The zero-order valence-corrected chi connectivity index (χ0v) is 11.8. The van der Waals surface area contributed by atoms with Crippen LogP contribution >= 0.6 is 35.8 Å². The first-order valence-electron chi connectivity index (χ1n) is 4.89. The molecule has 0 saturated carbocycles. The fourth-order valence-electron chi connectivity index (χ4n) is 1.26. The number of amides is 2. The molecular weight excluding hydrogens is 309 g/mol. The van der Waals surface area contributed by atoms with Gasteiger partial charge in [0.2, 0.25) is 5.91 Å². The van der Waals surface area contributed by atoms with Gasteiger partial charge < -0.3 is 11.1 Å². The lowest BCUT2D eigenvalue weighted by molar-refractivity contribution is -0.115. The van der Waals surface area contributed by atoms with Gasteiger partial charge in [0.15, 0.2) is 5.17 Å². The molecule has 0 aromatic heterocycles. The zero-order chi connectivity index (χ0) is 13.1. The number of nitrogens with zero attached hydrogens (tertiary/aromatic N) is 1. The highest BCUT2D eigenvalue weighted by Crippen LogP contribution is 2.23. The Labute approximate surface area is 124 Å². The van der Waals surface area contributed by atoms with E-state index in [2.05, 4.69) is 10.3 Å². The molecule has 1 aliphatic heterocycles. The molecule has 2 rings (SSSR count). The average molecular weight is 318 g/mol. The van der Waals surface area contributed by atoms with Crippen LogP contribution in [-0.4, -0.2) is 17.0 Å². The number of nitrogens with two attached hydrogens (primary N) is 1. The lowest BCUT2D eigenvalue weighted by Gasteiger charge is -2.02. The van der Waals surface area contributed by atoms with Crippen molar-refractivity contribution in [1.82, 2.24) is 0 Å². The van der Waals surface area contributed by atoms with Crippen LogP contribution < -0.4 is 11.1 Å². The second-order valence-corrected chi connectivity index (χ2v) is 4.86. The Balaban J connectivity index is 0.00000180. The Morgan fingerprint density at radius 1 is 1.37 bits per heavy atom. The summed E-state index contributed by atoms with van der Waals surface area (Å²) < 4.78 is 0. The maximum Gasteiger partial charge on any atom is 0.286 e. The number of carbonyl (C=O) groups excluding carboxylic acids is 2. The lowest BCUT2D eigenvalue weighted by Crippen LogP contribution is -2.09. The molecule has 0 aliphatic carbocycles. The normalized spacial score (nSPS) is 15.9. The van der Waals surface area contributed by atoms with Gasteiger partial charge in [-0.1, -0.05) is 11.6 Å². The second kappa shape index (κ2) is 6.60.